The first kappa shape index (κ1) is 15.0. The lowest BCUT2D eigenvalue weighted by molar-refractivity contribution is 0.357. The van der Waals surface area contributed by atoms with Crippen molar-refractivity contribution in [2.24, 2.45) is 0 Å². The highest BCUT2D eigenvalue weighted by Gasteiger charge is 2.22. The van der Waals surface area contributed by atoms with E-state index in [-0.39, 0.29) is 0 Å². The minimum Gasteiger partial charge on any atom is -0.364 e. The molecule has 1 aliphatic heterocycles. The smallest absolute Gasteiger partial charge is 0.0954 e. The van der Waals surface area contributed by atoms with Gasteiger partial charge in [-0.05, 0) is 56.2 Å². The number of aryl methyl sites for hydroxylation is 1. The van der Waals surface area contributed by atoms with Gasteiger partial charge in [0.1, 0.15) is 0 Å². The van der Waals surface area contributed by atoms with E-state index in [4.69, 9.17) is 0 Å². The number of hydrogen-bond acceptors (Lipinski definition) is 2. The summed E-state index contributed by atoms with van der Waals surface area (Å²) in [5.74, 6) is 0. The molecular weight excluding hydrogens is 244 g/mol. The molecule has 0 saturated carbocycles. The Hall–Kier alpha value is -1.44. The van der Waals surface area contributed by atoms with Crippen LogP contribution in [0.5, 0.6) is 0 Å². The van der Waals surface area contributed by atoms with Crippen LogP contribution in [0.2, 0.25) is 0 Å². The van der Waals surface area contributed by atoms with Crippen LogP contribution in [0.15, 0.2) is 18.3 Å². The highest BCUT2D eigenvalue weighted by atomic mass is 15.3. The zero-order valence-corrected chi connectivity index (χ0v) is 13.6. The third kappa shape index (κ3) is 2.70. The molecule has 20 heavy (non-hydrogen) atoms. The van der Waals surface area contributed by atoms with E-state index in [0.29, 0.717) is 6.17 Å². The summed E-state index contributed by atoms with van der Waals surface area (Å²) in [4.78, 5) is 2.24. The summed E-state index contributed by atoms with van der Waals surface area (Å²) in [7, 11) is 2.13. The zero-order valence-electron chi connectivity index (χ0n) is 13.6. The monoisotopic (exact) mass is 272 g/mol. The number of benzene rings is 1. The SMILES string of the molecule is CC.Cc1ccc(C2=CN(C)C(C)N2)c2c1CCCC2. The Balaban J connectivity index is 0.000000704. The minimum absolute atomic E-state index is 0.403. The molecule has 0 bridgehead atoms. The van der Waals surface area contributed by atoms with E-state index in [1.54, 1.807) is 11.1 Å². The van der Waals surface area contributed by atoms with Gasteiger partial charge in [0, 0.05) is 18.8 Å². The molecule has 1 atom stereocenters. The van der Waals surface area contributed by atoms with E-state index in [0.717, 1.165) is 0 Å². The molecule has 1 unspecified atom stereocenters. The minimum atomic E-state index is 0.403. The molecule has 1 aliphatic carbocycles. The van der Waals surface area contributed by atoms with Crippen LogP contribution in [0, 0.1) is 6.92 Å². The molecule has 0 spiro atoms. The Bertz CT molecular complexity index is 502. The van der Waals surface area contributed by atoms with Crippen molar-refractivity contribution < 1.29 is 0 Å². The highest BCUT2D eigenvalue weighted by Crippen LogP contribution is 2.32. The average Bonchev–Trinajstić information content (AvgIpc) is 2.81. The van der Waals surface area contributed by atoms with Crippen LogP contribution in [0.4, 0.5) is 0 Å². The molecule has 1 heterocycles. The summed E-state index contributed by atoms with van der Waals surface area (Å²) in [6.45, 7) is 8.45. The molecule has 1 N–H and O–H groups in total. The van der Waals surface area contributed by atoms with Gasteiger partial charge in [0.05, 0.1) is 11.9 Å². The normalized spacial score (nSPS) is 20.6. The van der Waals surface area contributed by atoms with Crippen molar-refractivity contribution in [3.8, 4) is 0 Å². The van der Waals surface area contributed by atoms with Gasteiger partial charge in [0.15, 0.2) is 0 Å². The average molecular weight is 272 g/mol. The summed E-state index contributed by atoms with van der Waals surface area (Å²) in [6.07, 6.45) is 7.82. The van der Waals surface area contributed by atoms with Crippen LogP contribution in [0.25, 0.3) is 5.70 Å². The first-order chi connectivity index (χ1) is 9.66. The number of nitrogens with zero attached hydrogens (tertiary/aromatic N) is 1. The predicted octanol–water partition coefficient (Wildman–Crippen LogP) is 4.08. The van der Waals surface area contributed by atoms with Gasteiger partial charge in [-0.1, -0.05) is 26.0 Å². The largest absolute Gasteiger partial charge is 0.364 e. The van der Waals surface area contributed by atoms with Crippen LogP contribution < -0.4 is 5.32 Å². The number of nitrogens with one attached hydrogen (secondary N) is 1. The second-order valence-electron chi connectivity index (χ2n) is 5.62. The van der Waals surface area contributed by atoms with Crippen LogP contribution in [-0.4, -0.2) is 18.1 Å². The summed E-state index contributed by atoms with van der Waals surface area (Å²) < 4.78 is 0. The molecular formula is C18H28N2. The highest BCUT2D eigenvalue weighted by molar-refractivity contribution is 5.70. The molecule has 0 aromatic heterocycles. The molecule has 2 aliphatic rings. The summed E-state index contributed by atoms with van der Waals surface area (Å²) in [5.41, 5.74) is 7.37. The molecule has 2 heteroatoms. The number of hydrogen-bond donors (Lipinski definition) is 1. The molecule has 3 rings (SSSR count). The van der Waals surface area contributed by atoms with Crippen molar-refractivity contribution in [3.63, 3.8) is 0 Å². The van der Waals surface area contributed by atoms with E-state index < -0.39 is 0 Å². The lowest BCUT2D eigenvalue weighted by Gasteiger charge is -2.22. The third-order valence-electron chi connectivity index (χ3n) is 4.37. The fourth-order valence-electron chi connectivity index (χ4n) is 3.13. The van der Waals surface area contributed by atoms with Crippen LogP contribution in [0.3, 0.4) is 0 Å². The van der Waals surface area contributed by atoms with Crippen molar-refractivity contribution >= 4 is 5.70 Å². The maximum absolute atomic E-state index is 3.58. The van der Waals surface area contributed by atoms with Crippen molar-refractivity contribution in [3.05, 3.63) is 40.6 Å². The van der Waals surface area contributed by atoms with Crippen molar-refractivity contribution in [1.82, 2.24) is 10.2 Å². The summed E-state index contributed by atoms with van der Waals surface area (Å²) >= 11 is 0. The van der Waals surface area contributed by atoms with Crippen molar-refractivity contribution in [2.45, 2.75) is 59.5 Å². The van der Waals surface area contributed by atoms with Gasteiger partial charge in [-0.15, -0.1) is 0 Å². The Morgan fingerprint density at radius 1 is 1.10 bits per heavy atom. The Kier molecular flexibility index (Phi) is 4.74. The van der Waals surface area contributed by atoms with Gasteiger partial charge in [-0.2, -0.15) is 0 Å². The molecule has 0 amide bonds. The Labute approximate surface area is 123 Å². The lowest BCUT2D eigenvalue weighted by Crippen LogP contribution is -2.29. The van der Waals surface area contributed by atoms with E-state index in [9.17, 15) is 0 Å². The van der Waals surface area contributed by atoms with E-state index in [2.05, 4.69) is 49.4 Å². The molecule has 1 aromatic rings. The molecule has 0 fully saturated rings. The van der Waals surface area contributed by atoms with Crippen LogP contribution in [-0.2, 0) is 12.8 Å². The molecule has 2 nitrogen and oxygen atoms in total. The van der Waals surface area contributed by atoms with Crippen molar-refractivity contribution in [1.29, 1.82) is 0 Å². The standard InChI is InChI=1S/C16H22N2.C2H6/c1-11-8-9-15(14-7-5-4-6-13(11)14)16-10-18(3)12(2)17-16;1-2/h8-10,12,17H,4-7H2,1-3H3;1-2H3. The van der Waals surface area contributed by atoms with Gasteiger partial charge in [-0.3, -0.25) is 0 Å². The van der Waals surface area contributed by atoms with Crippen LogP contribution >= 0.6 is 0 Å². The number of rotatable bonds is 1. The third-order valence-corrected chi connectivity index (χ3v) is 4.37. The Morgan fingerprint density at radius 2 is 1.75 bits per heavy atom. The van der Waals surface area contributed by atoms with Gasteiger partial charge < -0.3 is 10.2 Å². The van der Waals surface area contributed by atoms with Crippen molar-refractivity contribution in [2.75, 3.05) is 7.05 Å². The second kappa shape index (κ2) is 6.34. The summed E-state index contributed by atoms with van der Waals surface area (Å²) in [6, 6.07) is 4.58. The topological polar surface area (TPSA) is 15.3 Å². The van der Waals surface area contributed by atoms with Gasteiger partial charge in [-0.25, -0.2) is 0 Å². The van der Waals surface area contributed by atoms with Gasteiger partial charge in [0.2, 0.25) is 0 Å². The predicted molar refractivity (Wildman–Crippen MR) is 87.5 cm³/mol. The second-order valence-corrected chi connectivity index (χ2v) is 5.62. The van der Waals surface area contributed by atoms with Gasteiger partial charge >= 0.3 is 0 Å². The molecule has 1 aromatic carbocycles. The fraction of sp³-hybridized carbons (Fsp3) is 0.556. The van der Waals surface area contributed by atoms with E-state index in [1.807, 2.05) is 13.8 Å². The maximum Gasteiger partial charge on any atom is 0.0954 e. The van der Waals surface area contributed by atoms with E-state index >= 15 is 0 Å². The molecule has 0 saturated heterocycles. The zero-order chi connectivity index (χ0) is 14.7. The quantitative estimate of drug-likeness (QED) is 0.828. The Morgan fingerprint density at radius 3 is 2.35 bits per heavy atom. The first-order valence-corrected chi connectivity index (χ1v) is 7.99. The van der Waals surface area contributed by atoms with Gasteiger partial charge in [0.25, 0.3) is 0 Å². The number of fused-ring (bicyclic) bond motifs is 1. The van der Waals surface area contributed by atoms with E-state index in [1.165, 1.54) is 42.5 Å². The molecule has 0 radical (unpaired) electrons. The maximum atomic E-state index is 3.58. The lowest BCUT2D eigenvalue weighted by atomic mass is 9.85. The molecule has 110 valence electrons. The first-order valence-electron chi connectivity index (χ1n) is 7.99. The van der Waals surface area contributed by atoms with Crippen LogP contribution in [0.1, 0.15) is 55.9 Å². The fourth-order valence-corrected chi connectivity index (χ4v) is 3.13. The summed E-state index contributed by atoms with van der Waals surface area (Å²) in [5, 5.41) is 3.58.